The highest BCUT2D eigenvalue weighted by atomic mass is 16.5. The second-order valence-electron chi connectivity index (χ2n) is 10.2. The molecule has 2 fully saturated rings. The second-order valence-corrected chi connectivity index (χ2v) is 10.2. The fraction of sp³-hybridized carbons (Fsp3) is 0.577. The zero-order chi connectivity index (χ0) is 23.9. The van der Waals surface area contributed by atoms with Crippen LogP contribution in [0.4, 0.5) is 11.5 Å². The van der Waals surface area contributed by atoms with Crippen molar-refractivity contribution in [1.82, 2.24) is 30.4 Å². The molecule has 6 rings (SSSR count). The van der Waals surface area contributed by atoms with Crippen molar-refractivity contribution in [3.8, 4) is 6.01 Å². The Morgan fingerprint density at radius 2 is 1.94 bits per heavy atom. The summed E-state index contributed by atoms with van der Waals surface area (Å²) in [5.41, 5.74) is 7.30. The van der Waals surface area contributed by atoms with E-state index in [1.807, 2.05) is 6.20 Å². The minimum absolute atomic E-state index is 0.443. The van der Waals surface area contributed by atoms with Crippen LogP contribution in [0.3, 0.4) is 0 Å². The van der Waals surface area contributed by atoms with Gasteiger partial charge in [0.2, 0.25) is 0 Å². The number of likely N-dealkylation sites (tertiary alicyclic amines) is 1. The van der Waals surface area contributed by atoms with Gasteiger partial charge < -0.3 is 24.8 Å². The van der Waals surface area contributed by atoms with E-state index in [1.165, 1.54) is 40.6 Å². The summed E-state index contributed by atoms with van der Waals surface area (Å²) in [6.45, 7) is 11.7. The predicted octanol–water partition coefficient (Wildman–Crippen LogP) is 2.42. The van der Waals surface area contributed by atoms with Crippen molar-refractivity contribution >= 4 is 22.4 Å². The smallest absolute Gasteiger partial charge is 0.318 e. The molecule has 0 spiro atoms. The van der Waals surface area contributed by atoms with E-state index in [0.717, 1.165) is 69.3 Å². The van der Waals surface area contributed by atoms with E-state index in [1.54, 1.807) is 0 Å². The zero-order valence-electron chi connectivity index (χ0n) is 21.1. The zero-order valence-corrected chi connectivity index (χ0v) is 21.1. The number of ether oxygens (including phenoxy) is 1. The average Bonchev–Trinajstić information content (AvgIpc) is 3.51. The molecule has 1 aromatic carbocycles. The van der Waals surface area contributed by atoms with Crippen LogP contribution < -0.4 is 19.9 Å². The summed E-state index contributed by atoms with van der Waals surface area (Å²) < 4.78 is 6.26. The fourth-order valence-corrected chi connectivity index (χ4v) is 5.86. The molecule has 5 heterocycles. The van der Waals surface area contributed by atoms with Gasteiger partial charge in [-0.25, -0.2) is 0 Å². The monoisotopic (exact) mass is 476 g/mol. The van der Waals surface area contributed by atoms with Gasteiger partial charge in [0.25, 0.3) is 0 Å². The van der Waals surface area contributed by atoms with Gasteiger partial charge >= 0.3 is 6.01 Å². The van der Waals surface area contributed by atoms with Crippen LogP contribution in [-0.2, 0) is 13.0 Å². The Morgan fingerprint density at radius 1 is 1.09 bits per heavy atom. The Morgan fingerprint density at radius 3 is 2.74 bits per heavy atom. The standard InChI is InChI=1S/C26H36N8O/c1-17-13-22-21(14-28-31-22)24(18(17)2)34-10-6-20-23(15-34)29-26(35-16-19-5-4-9-32(19)3)30-25(20)33-11-7-27-8-12-33/h13-14,19,27H,4-12,15-16H2,1-3H3,(H,28,31)/t19-/m0/s1. The Kier molecular flexibility index (Phi) is 5.98. The van der Waals surface area contributed by atoms with E-state index < -0.39 is 0 Å². The Balaban J connectivity index is 1.35. The number of anilines is 2. The van der Waals surface area contributed by atoms with Gasteiger partial charge in [0.1, 0.15) is 12.4 Å². The molecule has 2 N–H and O–H groups in total. The van der Waals surface area contributed by atoms with E-state index in [-0.39, 0.29) is 0 Å². The van der Waals surface area contributed by atoms with Gasteiger partial charge in [-0.3, -0.25) is 5.10 Å². The summed E-state index contributed by atoms with van der Waals surface area (Å²) in [4.78, 5) is 17.2. The third kappa shape index (κ3) is 4.21. The molecule has 2 aromatic heterocycles. The Hall–Kier alpha value is -2.91. The van der Waals surface area contributed by atoms with Crippen molar-refractivity contribution in [2.75, 3.05) is 62.7 Å². The topological polar surface area (TPSA) is 85.4 Å². The first-order valence-corrected chi connectivity index (χ1v) is 12.9. The van der Waals surface area contributed by atoms with E-state index in [0.29, 0.717) is 18.7 Å². The lowest BCUT2D eigenvalue weighted by molar-refractivity contribution is 0.187. The number of piperazine rings is 1. The summed E-state index contributed by atoms with van der Waals surface area (Å²) in [7, 11) is 2.18. The number of likely N-dealkylation sites (N-methyl/N-ethyl adjacent to an activating group) is 1. The third-order valence-corrected chi connectivity index (χ3v) is 8.06. The van der Waals surface area contributed by atoms with Crippen molar-refractivity contribution in [2.45, 2.75) is 45.7 Å². The van der Waals surface area contributed by atoms with Gasteiger partial charge in [-0.15, -0.1) is 0 Å². The molecule has 0 amide bonds. The third-order valence-electron chi connectivity index (χ3n) is 8.06. The Bertz CT molecular complexity index is 1220. The molecule has 0 saturated carbocycles. The molecule has 9 heteroatoms. The highest BCUT2D eigenvalue weighted by Gasteiger charge is 2.29. The lowest BCUT2D eigenvalue weighted by atomic mass is 9.99. The number of nitrogens with zero attached hydrogens (tertiary/aromatic N) is 6. The van der Waals surface area contributed by atoms with Gasteiger partial charge in [-0.05, 0) is 63.9 Å². The van der Waals surface area contributed by atoms with Crippen molar-refractivity contribution in [3.63, 3.8) is 0 Å². The maximum Gasteiger partial charge on any atom is 0.318 e. The molecule has 186 valence electrons. The van der Waals surface area contributed by atoms with Crippen molar-refractivity contribution in [2.24, 2.45) is 0 Å². The van der Waals surface area contributed by atoms with Crippen LogP contribution in [0, 0.1) is 13.8 Å². The number of hydrogen-bond donors (Lipinski definition) is 2. The minimum atomic E-state index is 0.443. The number of aromatic amines is 1. The summed E-state index contributed by atoms with van der Waals surface area (Å²) in [6, 6.07) is 3.15. The fourth-order valence-electron chi connectivity index (χ4n) is 5.86. The molecule has 0 unspecified atom stereocenters. The van der Waals surface area contributed by atoms with Crippen molar-refractivity contribution < 1.29 is 4.74 Å². The van der Waals surface area contributed by atoms with Gasteiger partial charge in [-0.1, -0.05) is 0 Å². The number of aromatic nitrogens is 4. The van der Waals surface area contributed by atoms with E-state index in [9.17, 15) is 0 Å². The molecule has 9 nitrogen and oxygen atoms in total. The summed E-state index contributed by atoms with van der Waals surface area (Å²) >= 11 is 0. The maximum atomic E-state index is 6.26. The Labute approximate surface area is 206 Å². The van der Waals surface area contributed by atoms with E-state index >= 15 is 0 Å². The number of rotatable bonds is 5. The summed E-state index contributed by atoms with van der Waals surface area (Å²) in [6.07, 6.45) is 5.28. The lowest BCUT2D eigenvalue weighted by Gasteiger charge is -2.36. The molecule has 0 bridgehead atoms. The van der Waals surface area contributed by atoms with Gasteiger partial charge in [-0.2, -0.15) is 15.1 Å². The van der Waals surface area contributed by atoms with Crippen LogP contribution in [0.1, 0.15) is 35.2 Å². The lowest BCUT2D eigenvalue weighted by Crippen LogP contribution is -2.45. The molecule has 1 atom stereocenters. The van der Waals surface area contributed by atoms with Gasteiger partial charge in [0.15, 0.2) is 0 Å². The van der Waals surface area contributed by atoms with Crippen molar-refractivity contribution in [1.29, 1.82) is 0 Å². The molecular weight excluding hydrogens is 440 g/mol. The first-order valence-electron chi connectivity index (χ1n) is 12.9. The van der Waals surface area contributed by atoms with Crippen LogP contribution in [-0.4, -0.2) is 84.0 Å². The highest BCUT2D eigenvalue weighted by Crippen LogP contribution is 2.37. The predicted molar refractivity (Wildman–Crippen MR) is 139 cm³/mol. The number of benzene rings is 1. The molecule has 2 saturated heterocycles. The van der Waals surface area contributed by atoms with Gasteiger partial charge in [0, 0.05) is 49.7 Å². The second kappa shape index (κ2) is 9.28. The minimum Gasteiger partial charge on any atom is -0.462 e. The van der Waals surface area contributed by atoms with Gasteiger partial charge in [0.05, 0.1) is 29.6 Å². The summed E-state index contributed by atoms with van der Waals surface area (Å²) in [5, 5.41) is 12.1. The number of aryl methyl sites for hydroxylation is 1. The first kappa shape index (κ1) is 22.5. The normalized spacial score (nSPS) is 21.1. The number of hydrogen-bond acceptors (Lipinski definition) is 8. The largest absolute Gasteiger partial charge is 0.462 e. The highest BCUT2D eigenvalue weighted by molar-refractivity contribution is 5.94. The van der Waals surface area contributed by atoms with E-state index in [2.05, 4.69) is 57.2 Å². The molecule has 0 aliphatic carbocycles. The van der Waals surface area contributed by atoms with Crippen LogP contribution >= 0.6 is 0 Å². The average molecular weight is 477 g/mol. The SMILES string of the molecule is Cc1cc2[nH]ncc2c(N2CCc3c(nc(OC[C@@H]4CCCN4C)nc3N3CCNCC3)C2)c1C. The molecule has 35 heavy (non-hydrogen) atoms. The number of H-pyrrole nitrogens is 1. The van der Waals surface area contributed by atoms with E-state index in [4.69, 9.17) is 14.7 Å². The van der Waals surface area contributed by atoms with Crippen LogP contribution in [0.25, 0.3) is 10.9 Å². The number of nitrogens with one attached hydrogen (secondary N) is 2. The van der Waals surface area contributed by atoms with Crippen LogP contribution in [0.15, 0.2) is 12.3 Å². The molecule has 3 aromatic rings. The van der Waals surface area contributed by atoms with Crippen LogP contribution in [0.2, 0.25) is 0 Å². The molecule has 3 aliphatic heterocycles. The molecule has 0 radical (unpaired) electrons. The van der Waals surface area contributed by atoms with Crippen molar-refractivity contribution in [3.05, 3.63) is 34.6 Å². The van der Waals surface area contributed by atoms with Crippen LogP contribution in [0.5, 0.6) is 6.01 Å². The molecule has 3 aliphatic rings. The quantitative estimate of drug-likeness (QED) is 0.581. The number of fused-ring (bicyclic) bond motifs is 2. The maximum absolute atomic E-state index is 6.26. The summed E-state index contributed by atoms with van der Waals surface area (Å²) in [5.74, 6) is 1.07. The molecular formula is C26H36N8O. The first-order chi connectivity index (χ1) is 17.1.